The molecule has 0 unspecified atom stereocenters. The maximum Gasteiger partial charge on any atom is 0.490 e. The number of benzene rings is 2. The molecule has 14 nitrogen and oxygen atoms in total. The number of nitrogens with zero attached hydrogens (tertiary/aromatic N) is 4. The molecule has 0 amide bonds. The van der Waals surface area contributed by atoms with E-state index in [0.717, 1.165) is 11.1 Å². The number of carboxylic acid groups (broad SMARTS) is 1. The molecule has 0 saturated carbocycles. The Morgan fingerprint density at radius 3 is 2.18 bits per heavy atom. The van der Waals surface area contributed by atoms with Crippen LogP contribution in [-0.2, 0) is 9.53 Å². The lowest BCUT2D eigenvalue weighted by Crippen LogP contribution is -2.25. The molecule has 0 saturated heterocycles. The quantitative estimate of drug-likeness (QED) is 0.136. The lowest BCUT2D eigenvalue weighted by atomic mass is 10.1. The first-order valence-corrected chi connectivity index (χ1v) is 13.0. The number of hydrogen-bond donors (Lipinski definition) is 5. The molecule has 2 heterocycles. The van der Waals surface area contributed by atoms with Gasteiger partial charge < -0.3 is 39.6 Å². The minimum absolute atomic E-state index is 0.0156. The minimum Gasteiger partial charge on any atom is -0.493 e. The fourth-order valence-electron chi connectivity index (χ4n) is 3.68. The van der Waals surface area contributed by atoms with E-state index in [-0.39, 0.29) is 24.4 Å². The number of aromatic nitrogens is 4. The summed E-state index contributed by atoms with van der Waals surface area (Å²) >= 11 is 0. The van der Waals surface area contributed by atoms with Crippen molar-refractivity contribution >= 4 is 39.7 Å². The Morgan fingerprint density at radius 1 is 0.886 bits per heavy atom. The number of aliphatic hydroxyl groups excluding tert-OH is 1. The smallest absolute Gasteiger partial charge is 0.490 e. The van der Waals surface area contributed by atoms with Gasteiger partial charge in [-0.3, -0.25) is 5.32 Å². The molecule has 0 fully saturated rings. The topological polar surface area (TPSA) is 190 Å². The van der Waals surface area contributed by atoms with Crippen molar-refractivity contribution in [3.05, 3.63) is 36.0 Å². The largest absolute Gasteiger partial charge is 0.493 e. The number of ether oxygens (including phenoxy) is 4. The molecule has 0 aliphatic carbocycles. The predicted octanol–water partition coefficient (Wildman–Crippen LogP) is 2.96. The van der Waals surface area contributed by atoms with Crippen LogP contribution in [0.5, 0.6) is 23.1 Å². The van der Waals surface area contributed by atoms with Crippen molar-refractivity contribution in [3.8, 4) is 23.1 Å². The van der Waals surface area contributed by atoms with E-state index in [4.69, 9.17) is 34.0 Å². The Kier molecular flexibility index (Phi) is 12.0. The zero-order chi connectivity index (χ0) is 32.3. The molecule has 4 rings (SSSR count). The van der Waals surface area contributed by atoms with Crippen LogP contribution in [-0.4, -0.2) is 101 Å². The van der Waals surface area contributed by atoms with Crippen molar-refractivity contribution in [1.29, 1.82) is 0 Å². The van der Waals surface area contributed by atoms with Gasteiger partial charge in [-0.05, 0) is 31.2 Å². The number of methoxy groups -OCH3 is 2. The fourth-order valence-corrected chi connectivity index (χ4v) is 3.68. The highest BCUT2D eigenvalue weighted by Gasteiger charge is 2.38. The van der Waals surface area contributed by atoms with Crippen molar-refractivity contribution in [1.82, 2.24) is 25.3 Å². The summed E-state index contributed by atoms with van der Waals surface area (Å²) in [5, 5.41) is 33.8. The van der Waals surface area contributed by atoms with E-state index in [9.17, 15) is 18.3 Å². The Bertz CT molecular complexity index is 1570. The molecule has 0 spiro atoms. The minimum atomic E-state index is -5.08. The standard InChI is InChI=1S/C25H30N6O6.C2HF3O2/c1-15-17-13-21(34-2)22(35-3)14-20(17)29-24(27-15)31-25-28-19-5-4-16(12-18(19)23(33)30-25)37-10-7-26-6-9-36-11-8-32;3-2(4,5)1(6)7/h4-5,12-14,26,32H,6-11H2,1-3H3,(H2,27,28,29,30,31,33);(H,6,7). The molecule has 0 bridgehead atoms. The summed E-state index contributed by atoms with van der Waals surface area (Å²) in [6.45, 7) is 4.44. The highest BCUT2D eigenvalue weighted by molar-refractivity contribution is 5.87. The number of aliphatic carboxylic acids is 1. The number of aryl methyl sites for hydroxylation is 1. The molecule has 5 N–H and O–H groups in total. The van der Waals surface area contributed by atoms with E-state index in [2.05, 4.69) is 30.6 Å². The van der Waals surface area contributed by atoms with Gasteiger partial charge in [-0.25, -0.2) is 19.7 Å². The van der Waals surface area contributed by atoms with Gasteiger partial charge in [0.25, 0.3) is 0 Å². The van der Waals surface area contributed by atoms with Crippen molar-refractivity contribution in [2.24, 2.45) is 0 Å². The van der Waals surface area contributed by atoms with Gasteiger partial charge in [-0.1, -0.05) is 0 Å². The van der Waals surface area contributed by atoms with Gasteiger partial charge in [0.2, 0.25) is 17.8 Å². The SMILES string of the molecule is COc1cc2nc(Nc3nc(O)c4cc(OCCNCCOCCO)ccc4n3)nc(C)c2cc1OC.O=C(O)C(F)(F)F. The second-order valence-electron chi connectivity index (χ2n) is 8.77. The molecular weight excluding hydrogens is 593 g/mol. The number of aliphatic hydroxyl groups is 1. The number of aromatic hydroxyl groups is 1. The number of rotatable bonds is 13. The molecule has 0 aliphatic rings. The fraction of sp³-hybridized carbons (Fsp3) is 0.370. The van der Waals surface area contributed by atoms with Gasteiger partial charge in [0, 0.05) is 24.5 Å². The summed E-state index contributed by atoms with van der Waals surface area (Å²) in [6, 6.07) is 8.81. The molecular formula is C27H31F3N6O8. The number of hydrogen-bond acceptors (Lipinski definition) is 13. The third-order valence-electron chi connectivity index (χ3n) is 5.71. The lowest BCUT2D eigenvalue weighted by Gasteiger charge is -2.12. The highest BCUT2D eigenvalue weighted by atomic mass is 19.4. The second-order valence-corrected chi connectivity index (χ2v) is 8.77. The third-order valence-corrected chi connectivity index (χ3v) is 5.71. The van der Waals surface area contributed by atoms with E-state index in [0.29, 0.717) is 66.6 Å². The van der Waals surface area contributed by atoms with Crippen LogP contribution in [0, 0.1) is 6.92 Å². The summed E-state index contributed by atoms with van der Waals surface area (Å²) in [7, 11) is 3.14. The van der Waals surface area contributed by atoms with Gasteiger partial charge in [0.1, 0.15) is 12.4 Å². The normalized spacial score (nSPS) is 11.2. The zero-order valence-electron chi connectivity index (χ0n) is 23.9. The number of anilines is 2. The molecule has 238 valence electrons. The first kappa shape index (κ1) is 33.8. The second kappa shape index (κ2) is 15.6. The number of alkyl halides is 3. The Balaban J connectivity index is 0.000000676. The molecule has 4 aromatic rings. The van der Waals surface area contributed by atoms with Gasteiger partial charge >= 0.3 is 12.1 Å². The van der Waals surface area contributed by atoms with E-state index >= 15 is 0 Å². The average Bonchev–Trinajstić information content (AvgIpc) is 2.98. The van der Waals surface area contributed by atoms with Crippen molar-refractivity contribution in [2.45, 2.75) is 13.1 Å². The van der Waals surface area contributed by atoms with Crippen molar-refractivity contribution < 1.29 is 52.2 Å². The van der Waals surface area contributed by atoms with Crippen LogP contribution in [0.1, 0.15) is 5.69 Å². The Morgan fingerprint density at radius 2 is 1.52 bits per heavy atom. The number of carboxylic acids is 1. The van der Waals surface area contributed by atoms with Crippen LogP contribution in [0.4, 0.5) is 25.1 Å². The van der Waals surface area contributed by atoms with Gasteiger partial charge in [-0.15, -0.1) is 0 Å². The molecule has 0 aliphatic heterocycles. The molecule has 0 atom stereocenters. The summed E-state index contributed by atoms with van der Waals surface area (Å²) in [4.78, 5) is 26.6. The Labute approximate surface area is 248 Å². The zero-order valence-corrected chi connectivity index (χ0v) is 23.9. The average molecular weight is 625 g/mol. The van der Waals surface area contributed by atoms with Crippen LogP contribution >= 0.6 is 0 Å². The van der Waals surface area contributed by atoms with Gasteiger partial charge in [0.05, 0.1) is 56.2 Å². The number of halogens is 3. The maximum atomic E-state index is 10.6. The number of fused-ring (bicyclic) bond motifs is 2. The molecule has 2 aromatic heterocycles. The van der Waals surface area contributed by atoms with Crippen LogP contribution in [0.15, 0.2) is 30.3 Å². The van der Waals surface area contributed by atoms with Crippen LogP contribution in [0.3, 0.4) is 0 Å². The molecule has 0 radical (unpaired) electrons. The first-order valence-electron chi connectivity index (χ1n) is 13.0. The van der Waals surface area contributed by atoms with E-state index in [1.807, 2.05) is 13.0 Å². The van der Waals surface area contributed by atoms with E-state index in [1.165, 1.54) is 0 Å². The van der Waals surface area contributed by atoms with Gasteiger partial charge in [0.15, 0.2) is 11.5 Å². The van der Waals surface area contributed by atoms with Crippen LogP contribution in [0.2, 0.25) is 0 Å². The molecule has 44 heavy (non-hydrogen) atoms. The molecule has 17 heteroatoms. The predicted molar refractivity (Wildman–Crippen MR) is 152 cm³/mol. The van der Waals surface area contributed by atoms with E-state index < -0.39 is 12.1 Å². The summed E-state index contributed by atoms with van der Waals surface area (Å²) < 4.78 is 53.4. The summed E-state index contributed by atoms with van der Waals surface area (Å²) in [6.07, 6.45) is -5.08. The Hall–Kier alpha value is -4.74. The van der Waals surface area contributed by atoms with Crippen LogP contribution in [0.25, 0.3) is 21.8 Å². The van der Waals surface area contributed by atoms with Crippen molar-refractivity contribution in [2.75, 3.05) is 59.1 Å². The maximum absolute atomic E-state index is 10.6. The number of carbonyl (C=O) groups is 1. The highest BCUT2D eigenvalue weighted by Crippen LogP contribution is 2.33. The lowest BCUT2D eigenvalue weighted by molar-refractivity contribution is -0.192. The third kappa shape index (κ3) is 9.38. The molecule has 2 aromatic carbocycles. The van der Waals surface area contributed by atoms with Gasteiger partial charge in [-0.2, -0.15) is 18.2 Å². The summed E-state index contributed by atoms with van der Waals surface area (Å²) in [5.41, 5.74) is 1.92. The monoisotopic (exact) mass is 624 g/mol. The van der Waals surface area contributed by atoms with Crippen LogP contribution < -0.4 is 24.8 Å². The summed E-state index contributed by atoms with van der Waals surface area (Å²) in [5.74, 6) is -0.777. The first-order chi connectivity index (χ1) is 21.0. The number of nitrogens with one attached hydrogen (secondary N) is 2. The van der Waals surface area contributed by atoms with Crippen molar-refractivity contribution in [3.63, 3.8) is 0 Å². The van der Waals surface area contributed by atoms with E-state index in [1.54, 1.807) is 38.5 Å².